The van der Waals surface area contributed by atoms with Gasteiger partial charge in [0, 0.05) is 24.9 Å². The molecule has 0 bridgehead atoms. The molecule has 0 aliphatic heterocycles. The van der Waals surface area contributed by atoms with E-state index in [0.29, 0.717) is 6.42 Å². The Hall–Kier alpha value is -2.96. The van der Waals surface area contributed by atoms with Crippen molar-refractivity contribution in [3.8, 4) is 5.75 Å². The van der Waals surface area contributed by atoms with Gasteiger partial charge in [-0.1, -0.05) is 6.07 Å². The number of phenolic OH excluding ortho intramolecular Hbond substituents is 1. The number of anilines is 1. The van der Waals surface area contributed by atoms with Crippen molar-refractivity contribution in [3.05, 3.63) is 58.4 Å². The first-order chi connectivity index (χ1) is 10.1. The highest BCUT2D eigenvalue weighted by Gasteiger charge is 2.12. The van der Waals surface area contributed by atoms with Crippen LogP contribution in [0.15, 0.2) is 42.7 Å². The molecule has 1 aromatic heterocycles. The number of nitro benzene ring substituents is 1. The quantitative estimate of drug-likeness (QED) is 0.498. The third kappa shape index (κ3) is 4.00. The summed E-state index contributed by atoms with van der Waals surface area (Å²) in [5.41, 5.74) is 0.846. The zero-order chi connectivity index (χ0) is 15.2. The zero-order valence-corrected chi connectivity index (χ0v) is 11.0. The van der Waals surface area contributed by atoms with E-state index >= 15 is 0 Å². The van der Waals surface area contributed by atoms with Gasteiger partial charge in [-0.3, -0.25) is 19.9 Å². The van der Waals surface area contributed by atoms with Crippen LogP contribution >= 0.6 is 0 Å². The Balaban J connectivity index is 1.95. The first-order valence-electron chi connectivity index (χ1n) is 6.22. The molecule has 1 amide bonds. The van der Waals surface area contributed by atoms with E-state index in [0.717, 1.165) is 11.6 Å². The number of aryl methyl sites for hydroxylation is 1. The largest absolute Gasteiger partial charge is 0.506 e. The average Bonchev–Trinajstić information content (AvgIpc) is 2.48. The molecule has 0 spiro atoms. The van der Waals surface area contributed by atoms with Crippen molar-refractivity contribution >= 4 is 17.3 Å². The van der Waals surface area contributed by atoms with E-state index in [1.54, 1.807) is 18.5 Å². The van der Waals surface area contributed by atoms with Crippen LogP contribution in [0.3, 0.4) is 0 Å². The van der Waals surface area contributed by atoms with Crippen LogP contribution in [0.1, 0.15) is 12.0 Å². The van der Waals surface area contributed by atoms with Crippen LogP contribution in [-0.4, -0.2) is 20.9 Å². The number of phenols is 1. The number of hydrogen-bond donors (Lipinski definition) is 2. The topological polar surface area (TPSA) is 105 Å². The number of carbonyl (C=O) groups is 1. The summed E-state index contributed by atoms with van der Waals surface area (Å²) in [7, 11) is 0. The Labute approximate surface area is 120 Å². The van der Waals surface area contributed by atoms with Crippen LogP contribution in [0.5, 0.6) is 5.75 Å². The summed E-state index contributed by atoms with van der Waals surface area (Å²) < 4.78 is 0. The first kappa shape index (κ1) is 14.4. The van der Waals surface area contributed by atoms with E-state index in [1.807, 2.05) is 6.07 Å². The van der Waals surface area contributed by atoms with E-state index in [9.17, 15) is 20.0 Å². The molecule has 0 unspecified atom stereocenters. The number of aromatic nitrogens is 1. The number of aromatic hydroxyl groups is 1. The summed E-state index contributed by atoms with van der Waals surface area (Å²) in [4.78, 5) is 25.7. The number of benzene rings is 1. The van der Waals surface area contributed by atoms with E-state index in [4.69, 9.17) is 0 Å². The molecule has 0 aliphatic rings. The SMILES string of the molecule is O=C(CCc1cccnc1)Nc1ccc([N+](=O)[O-])cc1O. The number of non-ortho nitro benzene ring substituents is 1. The lowest BCUT2D eigenvalue weighted by atomic mass is 10.1. The summed E-state index contributed by atoms with van der Waals surface area (Å²) in [6, 6.07) is 7.17. The normalized spacial score (nSPS) is 10.1. The van der Waals surface area contributed by atoms with Gasteiger partial charge in [0.15, 0.2) is 0 Å². The first-order valence-corrected chi connectivity index (χ1v) is 6.22. The van der Waals surface area contributed by atoms with Crippen molar-refractivity contribution in [2.75, 3.05) is 5.32 Å². The molecule has 2 aromatic rings. The molecular formula is C14H13N3O4. The van der Waals surface area contributed by atoms with Crippen molar-refractivity contribution in [2.24, 2.45) is 0 Å². The summed E-state index contributed by atoms with van der Waals surface area (Å²) in [5, 5.41) is 22.7. The minimum absolute atomic E-state index is 0.150. The van der Waals surface area contributed by atoms with Crippen LogP contribution in [0, 0.1) is 10.1 Å². The summed E-state index contributed by atoms with van der Waals surface area (Å²) >= 11 is 0. The molecule has 2 rings (SSSR count). The zero-order valence-electron chi connectivity index (χ0n) is 11.0. The molecule has 0 radical (unpaired) electrons. The van der Waals surface area contributed by atoms with Crippen molar-refractivity contribution in [2.45, 2.75) is 12.8 Å². The lowest BCUT2D eigenvalue weighted by molar-refractivity contribution is -0.384. The average molecular weight is 287 g/mol. The Bertz CT molecular complexity index is 659. The maximum Gasteiger partial charge on any atom is 0.273 e. The van der Waals surface area contributed by atoms with Gasteiger partial charge in [-0.05, 0) is 24.1 Å². The van der Waals surface area contributed by atoms with Crippen LogP contribution in [-0.2, 0) is 11.2 Å². The Kier molecular flexibility index (Phi) is 4.45. The van der Waals surface area contributed by atoms with E-state index < -0.39 is 4.92 Å². The van der Waals surface area contributed by atoms with Crippen molar-refractivity contribution in [1.29, 1.82) is 0 Å². The van der Waals surface area contributed by atoms with E-state index in [1.165, 1.54) is 12.1 Å². The van der Waals surface area contributed by atoms with Gasteiger partial charge in [-0.15, -0.1) is 0 Å². The van der Waals surface area contributed by atoms with Crippen LogP contribution < -0.4 is 5.32 Å². The standard InChI is InChI=1S/C14H13N3O4/c18-13-8-11(17(20)21)4-5-12(13)16-14(19)6-3-10-2-1-7-15-9-10/h1-2,4-5,7-9,18H,3,6H2,(H,16,19). The summed E-state index contributed by atoms with van der Waals surface area (Å²) in [6.45, 7) is 0. The maximum atomic E-state index is 11.8. The third-order valence-electron chi connectivity index (χ3n) is 2.83. The molecule has 0 saturated heterocycles. The highest BCUT2D eigenvalue weighted by Crippen LogP contribution is 2.27. The van der Waals surface area contributed by atoms with Crippen molar-refractivity contribution in [3.63, 3.8) is 0 Å². The number of pyridine rings is 1. The second-order valence-electron chi connectivity index (χ2n) is 4.37. The number of hydrogen-bond acceptors (Lipinski definition) is 5. The Morgan fingerprint density at radius 1 is 1.38 bits per heavy atom. The lowest BCUT2D eigenvalue weighted by Crippen LogP contribution is -2.12. The van der Waals surface area contributed by atoms with Gasteiger partial charge in [0.1, 0.15) is 5.75 Å². The fourth-order valence-electron chi connectivity index (χ4n) is 1.76. The fourth-order valence-corrected chi connectivity index (χ4v) is 1.76. The molecule has 2 N–H and O–H groups in total. The summed E-state index contributed by atoms with van der Waals surface area (Å²) in [6.07, 6.45) is 4.07. The van der Waals surface area contributed by atoms with Gasteiger partial charge >= 0.3 is 0 Å². The summed E-state index contributed by atoms with van der Waals surface area (Å²) in [5.74, 6) is -0.623. The smallest absolute Gasteiger partial charge is 0.273 e. The lowest BCUT2D eigenvalue weighted by Gasteiger charge is -2.07. The third-order valence-corrected chi connectivity index (χ3v) is 2.83. The predicted octanol–water partition coefficient (Wildman–Crippen LogP) is 2.27. The molecule has 7 heteroatoms. The number of nitrogens with one attached hydrogen (secondary N) is 1. The van der Waals surface area contributed by atoms with Crippen molar-refractivity contribution < 1.29 is 14.8 Å². The van der Waals surface area contributed by atoms with Crippen molar-refractivity contribution in [1.82, 2.24) is 4.98 Å². The van der Waals surface area contributed by atoms with Crippen LogP contribution in [0.25, 0.3) is 0 Å². The highest BCUT2D eigenvalue weighted by molar-refractivity contribution is 5.92. The van der Waals surface area contributed by atoms with Crippen LogP contribution in [0.2, 0.25) is 0 Å². The number of nitro groups is 1. The molecule has 0 atom stereocenters. The highest BCUT2D eigenvalue weighted by atomic mass is 16.6. The van der Waals surface area contributed by atoms with E-state index in [2.05, 4.69) is 10.3 Å². The molecular weight excluding hydrogens is 274 g/mol. The van der Waals surface area contributed by atoms with Gasteiger partial charge in [0.25, 0.3) is 5.69 Å². The minimum atomic E-state index is -0.617. The predicted molar refractivity (Wildman–Crippen MR) is 75.9 cm³/mol. The monoisotopic (exact) mass is 287 g/mol. The second kappa shape index (κ2) is 6.47. The number of amides is 1. The molecule has 0 fully saturated rings. The Morgan fingerprint density at radius 2 is 2.19 bits per heavy atom. The molecule has 21 heavy (non-hydrogen) atoms. The molecule has 0 aliphatic carbocycles. The molecule has 1 aromatic carbocycles. The maximum absolute atomic E-state index is 11.8. The van der Waals surface area contributed by atoms with Gasteiger partial charge < -0.3 is 10.4 Å². The number of carbonyl (C=O) groups excluding carboxylic acids is 1. The molecule has 0 saturated carbocycles. The van der Waals surface area contributed by atoms with Gasteiger partial charge in [-0.25, -0.2) is 0 Å². The molecule has 108 valence electrons. The van der Waals surface area contributed by atoms with Gasteiger partial charge in [-0.2, -0.15) is 0 Å². The van der Waals surface area contributed by atoms with E-state index in [-0.39, 0.29) is 29.5 Å². The molecule has 1 heterocycles. The minimum Gasteiger partial charge on any atom is -0.506 e. The molecule has 7 nitrogen and oxygen atoms in total. The van der Waals surface area contributed by atoms with Gasteiger partial charge in [0.05, 0.1) is 16.7 Å². The fraction of sp³-hybridized carbons (Fsp3) is 0.143. The van der Waals surface area contributed by atoms with Gasteiger partial charge in [0.2, 0.25) is 5.91 Å². The Morgan fingerprint density at radius 3 is 2.81 bits per heavy atom. The number of rotatable bonds is 5. The second-order valence-corrected chi connectivity index (χ2v) is 4.37. The van der Waals surface area contributed by atoms with Crippen LogP contribution in [0.4, 0.5) is 11.4 Å². The number of nitrogens with zero attached hydrogens (tertiary/aromatic N) is 2.